The van der Waals surface area contributed by atoms with Crippen molar-refractivity contribution in [3.8, 4) is 6.07 Å². The summed E-state index contributed by atoms with van der Waals surface area (Å²) in [7, 11) is 1.92. The van der Waals surface area contributed by atoms with Crippen molar-refractivity contribution in [3.63, 3.8) is 0 Å². The van der Waals surface area contributed by atoms with Crippen LogP contribution in [0.5, 0.6) is 0 Å². The third kappa shape index (κ3) is 2.73. The maximum Gasteiger partial charge on any atom is 0.141 e. The molecule has 20 heavy (non-hydrogen) atoms. The standard InChI is InChI=1S/C15H15ClN4/c1-10(2)13-14(16)18-9-19-15(13)20(3)12-6-4-11(8-17)5-7-12/h4-7,9-10H,1-3H3. The molecular formula is C15H15ClN4. The molecule has 0 unspecified atom stereocenters. The van der Waals surface area contributed by atoms with E-state index in [1.54, 1.807) is 12.1 Å². The Morgan fingerprint density at radius 2 is 1.85 bits per heavy atom. The van der Waals surface area contributed by atoms with Gasteiger partial charge in [-0.15, -0.1) is 0 Å². The van der Waals surface area contributed by atoms with Crippen molar-refractivity contribution in [1.82, 2.24) is 9.97 Å². The van der Waals surface area contributed by atoms with Crippen molar-refractivity contribution >= 4 is 23.1 Å². The molecule has 0 atom stereocenters. The smallest absolute Gasteiger partial charge is 0.141 e. The molecule has 5 heteroatoms. The lowest BCUT2D eigenvalue weighted by Gasteiger charge is -2.23. The zero-order valence-corrected chi connectivity index (χ0v) is 12.4. The van der Waals surface area contributed by atoms with Gasteiger partial charge in [0, 0.05) is 18.3 Å². The number of nitrogens with zero attached hydrogens (tertiary/aromatic N) is 4. The van der Waals surface area contributed by atoms with Crippen LogP contribution in [0.3, 0.4) is 0 Å². The molecule has 0 fully saturated rings. The molecule has 0 aliphatic carbocycles. The number of aromatic nitrogens is 2. The van der Waals surface area contributed by atoms with Gasteiger partial charge in [-0.05, 0) is 30.2 Å². The van der Waals surface area contributed by atoms with E-state index >= 15 is 0 Å². The highest BCUT2D eigenvalue weighted by atomic mass is 35.5. The van der Waals surface area contributed by atoms with Crippen LogP contribution < -0.4 is 4.90 Å². The van der Waals surface area contributed by atoms with Crippen LogP contribution in [-0.4, -0.2) is 17.0 Å². The van der Waals surface area contributed by atoms with Gasteiger partial charge in [-0.25, -0.2) is 9.97 Å². The Labute approximate surface area is 123 Å². The Morgan fingerprint density at radius 1 is 1.20 bits per heavy atom. The summed E-state index contributed by atoms with van der Waals surface area (Å²) >= 11 is 6.18. The summed E-state index contributed by atoms with van der Waals surface area (Å²) < 4.78 is 0. The maximum atomic E-state index is 8.84. The molecule has 0 N–H and O–H groups in total. The van der Waals surface area contributed by atoms with Gasteiger partial charge in [-0.3, -0.25) is 0 Å². The van der Waals surface area contributed by atoms with Crippen molar-refractivity contribution in [2.75, 3.05) is 11.9 Å². The van der Waals surface area contributed by atoms with E-state index in [0.717, 1.165) is 17.1 Å². The SMILES string of the molecule is CC(C)c1c(Cl)ncnc1N(C)c1ccc(C#N)cc1. The van der Waals surface area contributed by atoms with E-state index < -0.39 is 0 Å². The summed E-state index contributed by atoms with van der Waals surface area (Å²) in [6.07, 6.45) is 1.46. The second-order valence-corrected chi connectivity index (χ2v) is 5.13. The summed E-state index contributed by atoms with van der Waals surface area (Å²) in [6, 6.07) is 9.44. The highest BCUT2D eigenvalue weighted by Crippen LogP contribution is 2.33. The second kappa shape index (κ2) is 5.89. The Balaban J connectivity index is 2.45. The molecule has 0 aliphatic rings. The van der Waals surface area contributed by atoms with Crippen molar-refractivity contribution in [2.45, 2.75) is 19.8 Å². The van der Waals surface area contributed by atoms with Gasteiger partial charge >= 0.3 is 0 Å². The van der Waals surface area contributed by atoms with Crippen LogP contribution in [0.15, 0.2) is 30.6 Å². The third-order valence-corrected chi connectivity index (χ3v) is 3.39. The monoisotopic (exact) mass is 286 g/mol. The third-order valence-electron chi connectivity index (χ3n) is 3.09. The predicted octanol–water partition coefficient (Wildman–Crippen LogP) is 3.89. The molecule has 1 aromatic heterocycles. The van der Waals surface area contributed by atoms with Crippen LogP contribution in [0, 0.1) is 11.3 Å². The zero-order chi connectivity index (χ0) is 14.7. The summed E-state index contributed by atoms with van der Waals surface area (Å²) in [5.74, 6) is 1.00. The quantitative estimate of drug-likeness (QED) is 0.803. The first kappa shape index (κ1) is 14.3. The molecule has 0 aliphatic heterocycles. The molecule has 0 saturated heterocycles. The fourth-order valence-electron chi connectivity index (χ4n) is 2.01. The van der Waals surface area contributed by atoms with E-state index in [4.69, 9.17) is 16.9 Å². The minimum absolute atomic E-state index is 0.222. The van der Waals surface area contributed by atoms with Gasteiger partial charge in [-0.2, -0.15) is 5.26 Å². The maximum absolute atomic E-state index is 8.84. The number of anilines is 2. The van der Waals surface area contributed by atoms with Crippen molar-refractivity contribution < 1.29 is 0 Å². The molecular weight excluding hydrogens is 272 g/mol. The molecule has 0 saturated carbocycles. The Morgan fingerprint density at radius 3 is 2.40 bits per heavy atom. The number of hydrogen-bond donors (Lipinski definition) is 0. The molecule has 0 amide bonds. The minimum atomic E-state index is 0.222. The molecule has 2 rings (SSSR count). The Kier molecular flexibility index (Phi) is 4.21. The Bertz CT molecular complexity index is 644. The lowest BCUT2D eigenvalue weighted by atomic mass is 10.1. The van der Waals surface area contributed by atoms with E-state index in [1.165, 1.54) is 6.33 Å². The lowest BCUT2D eigenvalue weighted by Crippen LogP contribution is -2.15. The fraction of sp³-hybridized carbons (Fsp3) is 0.267. The molecule has 1 heterocycles. The van der Waals surface area contributed by atoms with Gasteiger partial charge in [0.15, 0.2) is 0 Å². The molecule has 0 radical (unpaired) electrons. The number of halogens is 1. The highest BCUT2D eigenvalue weighted by molar-refractivity contribution is 6.30. The average molecular weight is 287 g/mol. The fourth-order valence-corrected chi connectivity index (χ4v) is 2.36. The Hall–Kier alpha value is -2.12. The largest absolute Gasteiger partial charge is 0.329 e. The topological polar surface area (TPSA) is 52.8 Å². The van der Waals surface area contributed by atoms with Crippen molar-refractivity contribution in [3.05, 3.63) is 46.9 Å². The summed E-state index contributed by atoms with van der Waals surface area (Å²) in [5.41, 5.74) is 2.49. The van der Waals surface area contributed by atoms with E-state index in [2.05, 4.69) is 29.9 Å². The van der Waals surface area contributed by atoms with Crippen LogP contribution in [0.25, 0.3) is 0 Å². The second-order valence-electron chi connectivity index (χ2n) is 4.77. The summed E-state index contributed by atoms with van der Waals surface area (Å²) in [5, 5.41) is 9.31. The van der Waals surface area contributed by atoms with E-state index in [9.17, 15) is 0 Å². The first-order valence-corrected chi connectivity index (χ1v) is 6.66. The van der Waals surface area contributed by atoms with Crippen LogP contribution >= 0.6 is 11.6 Å². The number of benzene rings is 1. The van der Waals surface area contributed by atoms with Crippen LogP contribution in [0.2, 0.25) is 5.15 Å². The molecule has 4 nitrogen and oxygen atoms in total. The zero-order valence-electron chi connectivity index (χ0n) is 11.6. The molecule has 102 valence electrons. The minimum Gasteiger partial charge on any atom is -0.329 e. The first-order chi connectivity index (χ1) is 9.54. The number of rotatable bonds is 3. The van der Waals surface area contributed by atoms with Crippen LogP contribution in [-0.2, 0) is 0 Å². The predicted molar refractivity (Wildman–Crippen MR) is 80.4 cm³/mol. The van der Waals surface area contributed by atoms with Crippen molar-refractivity contribution in [2.24, 2.45) is 0 Å². The van der Waals surface area contributed by atoms with Crippen LogP contribution in [0.1, 0.15) is 30.9 Å². The normalized spacial score (nSPS) is 10.4. The summed E-state index contributed by atoms with van der Waals surface area (Å²) in [6.45, 7) is 4.11. The van der Waals surface area contributed by atoms with Crippen molar-refractivity contribution in [1.29, 1.82) is 5.26 Å². The summed E-state index contributed by atoms with van der Waals surface area (Å²) in [4.78, 5) is 10.3. The molecule has 0 bridgehead atoms. The van der Waals surface area contributed by atoms with Gasteiger partial charge in [0.25, 0.3) is 0 Å². The first-order valence-electron chi connectivity index (χ1n) is 6.29. The van der Waals surface area contributed by atoms with E-state index in [0.29, 0.717) is 10.7 Å². The van der Waals surface area contributed by atoms with Gasteiger partial charge < -0.3 is 4.90 Å². The van der Waals surface area contributed by atoms with Gasteiger partial charge in [0.2, 0.25) is 0 Å². The van der Waals surface area contributed by atoms with Gasteiger partial charge in [0.1, 0.15) is 17.3 Å². The molecule has 0 spiro atoms. The number of hydrogen-bond acceptors (Lipinski definition) is 4. The number of nitriles is 1. The van der Waals surface area contributed by atoms with Gasteiger partial charge in [0.05, 0.1) is 11.6 Å². The average Bonchev–Trinajstić information content (AvgIpc) is 2.46. The highest BCUT2D eigenvalue weighted by Gasteiger charge is 2.17. The lowest BCUT2D eigenvalue weighted by molar-refractivity contribution is 0.839. The molecule has 2 aromatic rings. The van der Waals surface area contributed by atoms with E-state index in [-0.39, 0.29) is 5.92 Å². The van der Waals surface area contributed by atoms with Crippen LogP contribution in [0.4, 0.5) is 11.5 Å². The molecule has 1 aromatic carbocycles. The van der Waals surface area contributed by atoms with E-state index in [1.807, 2.05) is 24.1 Å². The van der Waals surface area contributed by atoms with Gasteiger partial charge in [-0.1, -0.05) is 25.4 Å².